The minimum Gasteiger partial charge on any atom is -0.494 e. The number of nitrogens with zero attached hydrogens (tertiary/aromatic N) is 4. The number of carbonyl (C=O) groups excluding carboxylic acids is 1. The Morgan fingerprint density at radius 3 is 2.81 bits per heavy atom. The summed E-state index contributed by atoms with van der Waals surface area (Å²) in [5.74, 6) is 0.301. The van der Waals surface area contributed by atoms with Gasteiger partial charge in [-0.3, -0.25) is 14.6 Å². The second-order valence-electron chi connectivity index (χ2n) is 8.57. The molecule has 4 heterocycles. The Kier molecular flexibility index (Phi) is 7.82. The molecule has 0 spiro atoms. The van der Waals surface area contributed by atoms with Crippen molar-refractivity contribution in [1.82, 2.24) is 14.2 Å². The van der Waals surface area contributed by atoms with E-state index in [2.05, 4.69) is 4.90 Å². The third kappa shape index (κ3) is 5.00. The van der Waals surface area contributed by atoms with Crippen LogP contribution in [0.5, 0.6) is 5.75 Å². The molecule has 2 aliphatic heterocycles. The average molecular weight is 571 g/mol. The lowest BCUT2D eigenvalue weighted by atomic mass is 10.2. The van der Waals surface area contributed by atoms with Crippen LogP contribution in [0.1, 0.15) is 12.8 Å². The molecule has 2 aliphatic rings. The van der Waals surface area contributed by atoms with E-state index < -0.39 is 16.1 Å². The maximum absolute atomic E-state index is 14.0. The van der Waals surface area contributed by atoms with Gasteiger partial charge in [0.05, 0.1) is 30.0 Å². The molecule has 1 amide bonds. The summed E-state index contributed by atoms with van der Waals surface area (Å²) in [6.07, 6.45) is 1.09. The lowest BCUT2D eigenvalue weighted by molar-refractivity contribution is -0.121. The summed E-state index contributed by atoms with van der Waals surface area (Å²) in [7, 11) is -2.20. The molecule has 0 aliphatic carbocycles. The minimum absolute atomic E-state index is 0.249. The Morgan fingerprint density at radius 1 is 1.28 bits per heavy atom. The molecule has 5 rings (SSSR count). The Balaban J connectivity index is 1.49. The number of rotatable bonds is 8. The minimum atomic E-state index is -3.76. The van der Waals surface area contributed by atoms with Gasteiger partial charge in [-0.05, 0) is 36.4 Å². The number of fused-ring (bicyclic) bond motifs is 1. The summed E-state index contributed by atoms with van der Waals surface area (Å²) < 4.78 is 39.9. The van der Waals surface area contributed by atoms with Crippen molar-refractivity contribution >= 4 is 65.6 Å². The number of halogens is 1. The van der Waals surface area contributed by atoms with Crippen LogP contribution in [0, 0.1) is 0 Å². The van der Waals surface area contributed by atoms with Crippen LogP contribution in [0.15, 0.2) is 33.9 Å². The molecule has 9 nitrogen and oxygen atoms in total. The number of methoxy groups -OCH3 is 1. The van der Waals surface area contributed by atoms with E-state index in [0.29, 0.717) is 67.1 Å². The van der Waals surface area contributed by atoms with Crippen LogP contribution < -0.4 is 9.64 Å². The molecule has 1 atom stereocenters. The van der Waals surface area contributed by atoms with E-state index in [9.17, 15) is 13.2 Å². The maximum atomic E-state index is 14.0. The van der Waals surface area contributed by atoms with E-state index >= 15 is 0 Å². The van der Waals surface area contributed by atoms with Gasteiger partial charge in [-0.1, -0.05) is 29.0 Å². The predicted octanol–water partition coefficient (Wildman–Crippen LogP) is 3.54. The molecular formula is C23H27ClN4O5S3. The number of hydrogen-bond acceptors (Lipinski definition) is 9. The van der Waals surface area contributed by atoms with Gasteiger partial charge in [0.1, 0.15) is 21.5 Å². The molecule has 36 heavy (non-hydrogen) atoms. The number of amides is 1. The van der Waals surface area contributed by atoms with Gasteiger partial charge in [-0.15, -0.1) is 11.3 Å². The molecule has 0 radical (unpaired) electrons. The summed E-state index contributed by atoms with van der Waals surface area (Å²) in [6, 6.07) is 6.00. The van der Waals surface area contributed by atoms with Gasteiger partial charge < -0.3 is 9.47 Å². The Bertz CT molecular complexity index is 1320. The summed E-state index contributed by atoms with van der Waals surface area (Å²) in [5, 5.41) is 2.74. The molecule has 0 N–H and O–H groups in total. The van der Waals surface area contributed by atoms with Crippen molar-refractivity contribution in [1.29, 1.82) is 0 Å². The second kappa shape index (κ2) is 10.9. The fourth-order valence-electron chi connectivity index (χ4n) is 4.57. The number of aromatic nitrogens is 1. The molecule has 3 aromatic rings. The van der Waals surface area contributed by atoms with Crippen molar-refractivity contribution in [3.63, 3.8) is 0 Å². The quantitative estimate of drug-likeness (QED) is 0.409. The zero-order chi connectivity index (χ0) is 25.3. The molecule has 2 saturated heterocycles. The Morgan fingerprint density at radius 2 is 2.08 bits per heavy atom. The van der Waals surface area contributed by atoms with Crippen molar-refractivity contribution in [2.45, 2.75) is 23.1 Å². The van der Waals surface area contributed by atoms with E-state index in [1.807, 2.05) is 0 Å². The summed E-state index contributed by atoms with van der Waals surface area (Å²) >= 11 is 8.93. The Hall–Kier alpha value is -1.80. The van der Waals surface area contributed by atoms with E-state index in [1.54, 1.807) is 41.7 Å². The fourth-order valence-corrected chi connectivity index (χ4v) is 8.63. The fraction of sp³-hybridized carbons (Fsp3) is 0.478. The molecule has 194 valence electrons. The number of sulfonamides is 1. The lowest BCUT2D eigenvalue weighted by Gasteiger charge is -2.31. The van der Waals surface area contributed by atoms with Crippen LogP contribution in [0.25, 0.3) is 10.2 Å². The first-order chi connectivity index (χ1) is 17.4. The highest BCUT2D eigenvalue weighted by atomic mass is 35.5. The van der Waals surface area contributed by atoms with Gasteiger partial charge in [0.2, 0.25) is 5.91 Å². The SMILES string of the molecule is COc1ccc(Cl)c2sc(N(CCN3CCOCC3)C(=O)C3CCCN3S(=O)(=O)c3cccs3)nc12. The highest BCUT2D eigenvalue weighted by Crippen LogP contribution is 2.39. The van der Waals surface area contributed by atoms with E-state index in [1.165, 1.54) is 15.6 Å². The molecule has 13 heteroatoms. The van der Waals surface area contributed by atoms with Crippen LogP contribution in [-0.2, 0) is 19.6 Å². The standard InChI is InChI=1S/C23H27ClN4O5S3/c1-32-18-7-6-16(24)21-20(18)25-23(35-21)27(10-9-26-11-13-33-14-12-26)22(29)17-4-2-8-28(17)36(30,31)19-5-3-15-34-19/h3,5-7,15,17H,2,4,8-14H2,1H3. The normalized spacial score (nSPS) is 19.7. The van der Waals surface area contributed by atoms with Gasteiger partial charge in [0.15, 0.2) is 5.13 Å². The third-order valence-corrected chi connectivity index (χ3v) is 11.3. The zero-order valence-corrected chi connectivity index (χ0v) is 23.0. The molecule has 0 saturated carbocycles. The first kappa shape index (κ1) is 25.8. The van der Waals surface area contributed by atoms with Crippen LogP contribution in [0.2, 0.25) is 5.02 Å². The number of benzene rings is 1. The second-order valence-corrected chi connectivity index (χ2v) is 13.0. The number of ether oxygens (including phenoxy) is 2. The van der Waals surface area contributed by atoms with Gasteiger partial charge in [-0.2, -0.15) is 4.31 Å². The van der Waals surface area contributed by atoms with Crippen molar-refractivity contribution in [3.05, 3.63) is 34.7 Å². The van der Waals surface area contributed by atoms with Crippen LogP contribution in [-0.4, -0.2) is 87.6 Å². The topological polar surface area (TPSA) is 92.3 Å². The molecule has 1 aromatic carbocycles. The largest absolute Gasteiger partial charge is 0.494 e. The highest BCUT2D eigenvalue weighted by Gasteiger charge is 2.42. The van der Waals surface area contributed by atoms with Crippen molar-refractivity contribution < 1.29 is 22.7 Å². The molecule has 2 fully saturated rings. The maximum Gasteiger partial charge on any atom is 0.253 e. The lowest BCUT2D eigenvalue weighted by Crippen LogP contribution is -2.50. The van der Waals surface area contributed by atoms with Gasteiger partial charge in [0.25, 0.3) is 10.0 Å². The van der Waals surface area contributed by atoms with E-state index in [4.69, 9.17) is 26.1 Å². The zero-order valence-electron chi connectivity index (χ0n) is 19.8. The monoisotopic (exact) mass is 570 g/mol. The number of morpholine rings is 1. The van der Waals surface area contributed by atoms with Crippen LogP contribution >= 0.6 is 34.3 Å². The molecule has 0 bridgehead atoms. The summed E-state index contributed by atoms with van der Waals surface area (Å²) in [4.78, 5) is 22.7. The predicted molar refractivity (Wildman–Crippen MR) is 142 cm³/mol. The first-order valence-corrected chi connectivity index (χ1v) is 15.2. The summed E-state index contributed by atoms with van der Waals surface area (Å²) in [6.45, 7) is 4.18. The summed E-state index contributed by atoms with van der Waals surface area (Å²) in [5.41, 5.74) is 0.587. The highest BCUT2D eigenvalue weighted by molar-refractivity contribution is 7.91. The van der Waals surface area contributed by atoms with Gasteiger partial charge >= 0.3 is 0 Å². The van der Waals surface area contributed by atoms with E-state index in [0.717, 1.165) is 29.1 Å². The van der Waals surface area contributed by atoms with Crippen molar-refractivity contribution in [3.8, 4) is 5.75 Å². The number of hydrogen-bond donors (Lipinski definition) is 0. The third-order valence-electron chi connectivity index (χ3n) is 6.45. The average Bonchev–Trinajstić information content (AvgIpc) is 3.66. The number of thiazole rings is 1. The van der Waals surface area contributed by atoms with Crippen molar-refractivity contribution in [2.75, 3.05) is 57.9 Å². The number of carbonyl (C=O) groups is 1. The Labute approximate surface area is 223 Å². The van der Waals surface area contributed by atoms with Gasteiger partial charge in [-0.25, -0.2) is 13.4 Å². The molecule has 1 unspecified atom stereocenters. The molecule has 2 aromatic heterocycles. The molecular weight excluding hydrogens is 544 g/mol. The first-order valence-electron chi connectivity index (χ1n) is 11.7. The van der Waals surface area contributed by atoms with Crippen LogP contribution in [0.4, 0.5) is 5.13 Å². The van der Waals surface area contributed by atoms with Crippen LogP contribution in [0.3, 0.4) is 0 Å². The smallest absolute Gasteiger partial charge is 0.253 e. The van der Waals surface area contributed by atoms with Crippen molar-refractivity contribution in [2.24, 2.45) is 0 Å². The number of anilines is 1. The van der Waals surface area contributed by atoms with E-state index in [-0.39, 0.29) is 10.1 Å². The number of thiophene rings is 1. The van der Waals surface area contributed by atoms with Gasteiger partial charge in [0, 0.05) is 32.7 Å².